The van der Waals surface area contributed by atoms with Gasteiger partial charge in [-0.3, -0.25) is 14.9 Å². The van der Waals surface area contributed by atoms with Crippen molar-refractivity contribution in [3.8, 4) is 0 Å². The van der Waals surface area contributed by atoms with Crippen LogP contribution in [0.15, 0.2) is 42.5 Å². The molecule has 2 aromatic rings. The highest BCUT2D eigenvalue weighted by atomic mass is 16.6. The van der Waals surface area contributed by atoms with E-state index in [-0.39, 0.29) is 28.9 Å². The fraction of sp³-hybridized carbons (Fsp3) is 0.300. The number of nitrogens with zero attached hydrogens (tertiary/aromatic N) is 2. The Morgan fingerprint density at radius 3 is 2.79 bits per heavy atom. The van der Waals surface area contributed by atoms with Crippen molar-refractivity contribution in [2.45, 2.75) is 25.3 Å². The molecule has 1 aliphatic rings. The van der Waals surface area contributed by atoms with Gasteiger partial charge in [0.1, 0.15) is 5.69 Å². The molecule has 0 heterocycles. The third kappa shape index (κ3) is 3.95. The van der Waals surface area contributed by atoms with Crippen LogP contribution in [-0.4, -0.2) is 35.4 Å². The molecule has 1 aliphatic carbocycles. The largest absolute Gasteiger partial charge is 0.452 e. The van der Waals surface area contributed by atoms with E-state index in [1.54, 1.807) is 11.9 Å². The minimum atomic E-state index is -0.811. The number of aryl methyl sites for hydroxylation is 1. The Labute approximate surface area is 162 Å². The Hall–Kier alpha value is -3.42. The van der Waals surface area contributed by atoms with Gasteiger partial charge in [-0.05, 0) is 42.5 Å². The predicted molar refractivity (Wildman–Crippen MR) is 103 cm³/mol. The van der Waals surface area contributed by atoms with Gasteiger partial charge in [0, 0.05) is 13.1 Å². The SMILES string of the molecule is CN(C(=O)COC(=O)c1ccc(N)c([N+](=O)[O-])c1)C1CCCc2ccccc21. The number of fused-ring (bicyclic) bond motifs is 1. The number of carbonyl (C=O) groups excluding carboxylic acids is 2. The summed E-state index contributed by atoms with van der Waals surface area (Å²) in [7, 11) is 1.69. The fourth-order valence-corrected chi connectivity index (χ4v) is 3.45. The van der Waals surface area contributed by atoms with Crippen LogP contribution >= 0.6 is 0 Å². The van der Waals surface area contributed by atoms with E-state index >= 15 is 0 Å². The Bertz CT molecular complexity index is 928. The van der Waals surface area contributed by atoms with Crippen LogP contribution in [-0.2, 0) is 16.0 Å². The molecule has 0 radical (unpaired) electrons. The zero-order valence-electron chi connectivity index (χ0n) is 15.5. The van der Waals surface area contributed by atoms with Gasteiger partial charge in [0.05, 0.1) is 16.5 Å². The van der Waals surface area contributed by atoms with Gasteiger partial charge in [0.25, 0.3) is 11.6 Å². The lowest BCUT2D eigenvalue weighted by atomic mass is 9.87. The monoisotopic (exact) mass is 383 g/mol. The summed E-state index contributed by atoms with van der Waals surface area (Å²) in [6.07, 6.45) is 2.81. The van der Waals surface area contributed by atoms with Gasteiger partial charge in [-0.1, -0.05) is 24.3 Å². The van der Waals surface area contributed by atoms with Gasteiger partial charge in [-0.2, -0.15) is 0 Å². The Kier molecular flexibility index (Phi) is 5.58. The summed E-state index contributed by atoms with van der Waals surface area (Å²) in [5.41, 5.74) is 7.41. The smallest absolute Gasteiger partial charge is 0.338 e. The Morgan fingerprint density at radius 2 is 2.04 bits per heavy atom. The predicted octanol–water partition coefficient (Wildman–Crippen LogP) is 2.87. The molecule has 0 bridgehead atoms. The molecule has 3 rings (SSSR count). The number of hydrogen-bond donors (Lipinski definition) is 1. The van der Waals surface area contributed by atoms with Gasteiger partial charge < -0.3 is 15.4 Å². The standard InChI is InChI=1S/C20H21N3O5/c1-22(17-8-4-6-13-5-2-3-7-15(13)17)19(24)12-28-20(25)14-9-10-16(21)18(11-14)23(26)27/h2-3,5,7,9-11,17H,4,6,8,12,21H2,1H3. The summed E-state index contributed by atoms with van der Waals surface area (Å²) < 4.78 is 5.07. The van der Waals surface area contributed by atoms with E-state index in [9.17, 15) is 19.7 Å². The molecule has 2 aromatic carbocycles. The zero-order valence-corrected chi connectivity index (χ0v) is 15.5. The lowest BCUT2D eigenvalue weighted by Gasteiger charge is -2.33. The van der Waals surface area contributed by atoms with Crippen LogP contribution in [0.1, 0.15) is 40.4 Å². The van der Waals surface area contributed by atoms with Gasteiger partial charge in [0.15, 0.2) is 6.61 Å². The fourth-order valence-electron chi connectivity index (χ4n) is 3.45. The molecule has 1 amide bonds. The van der Waals surface area contributed by atoms with Crippen molar-refractivity contribution in [3.05, 3.63) is 69.3 Å². The van der Waals surface area contributed by atoms with Crippen molar-refractivity contribution in [2.24, 2.45) is 0 Å². The van der Waals surface area contributed by atoms with Crippen molar-refractivity contribution >= 4 is 23.3 Å². The highest BCUT2D eigenvalue weighted by molar-refractivity contribution is 5.92. The van der Waals surface area contributed by atoms with Crippen LogP contribution in [0, 0.1) is 10.1 Å². The van der Waals surface area contributed by atoms with Gasteiger partial charge >= 0.3 is 5.97 Å². The summed E-state index contributed by atoms with van der Waals surface area (Å²) in [5.74, 6) is -1.14. The van der Waals surface area contributed by atoms with Gasteiger partial charge in [-0.15, -0.1) is 0 Å². The number of anilines is 1. The Morgan fingerprint density at radius 1 is 1.29 bits per heavy atom. The van der Waals surface area contributed by atoms with Crippen LogP contribution < -0.4 is 5.73 Å². The maximum absolute atomic E-state index is 12.5. The number of nitro benzene ring substituents is 1. The molecular weight excluding hydrogens is 362 g/mol. The topological polar surface area (TPSA) is 116 Å². The molecule has 0 saturated carbocycles. The number of nitrogen functional groups attached to an aromatic ring is 1. The van der Waals surface area contributed by atoms with Crippen LogP contribution in [0.2, 0.25) is 0 Å². The molecular formula is C20H21N3O5. The maximum atomic E-state index is 12.5. The Balaban J connectivity index is 1.65. The molecule has 0 aliphatic heterocycles. The average molecular weight is 383 g/mol. The molecule has 8 nitrogen and oxygen atoms in total. The quantitative estimate of drug-likeness (QED) is 0.367. The number of amides is 1. The number of nitro groups is 1. The summed E-state index contributed by atoms with van der Waals surface area (Å²) >= 11 is 0. The van der Waals surface area contributed by atoms with E-state index in [0.29, 0.717) is 0 Å². The average Bonchev–Trinajstić information content (AvgIpc) is 2.70. The molecule has 2 N–H and O–H groups in total. The summed E-state index contributed by atoms with van der Waals surface area (Å²) in [6, 6.07) is 11.6. The lowest BCUT2D eigenvalue weighted by Crippen LogP contribution is -2.36. The minimum absolute atomic E-state index is 0.0284. The number of rotatable bonds is 5. The highest BCUT2D eigenvalue weighted by Crippen LogP contribution is 2.33. The first-order valence-corrected chi connectivity index (χ1v) is 8.93. The second-order valence-electron chi connectivity index (χ2n) is 6.72. The van der Waals surface area contributed by atoms with Crippen LogP contribution in [0.25, 0.3) is 0 Å². The van der Waals surface area contributed by atoms with E-state index in [1.807, 2.05) is 18.2 Å². The summed E-state index contributed by atoms with van der Waals surface area (Å²) in [5, 5.41) is 10.9. The third-order valence-electron chi connectivity index (χ3n) is 4.99. The van der Waals surface area contributed by atoms with Gasteiger partial charge in [0.2, 0.25) is 0 Å². The summed E-state index contributed by atoms with van der Waals surface area (Å²) in [6.45, 7) is -0.438. The molecule has 146 valence electrons. The molecule has 0 spiro atoms. The van der Waals surface area contributed by atoms with E-state index in [1.165, 1.54) is 17.7 Å². The first kappa shape index (κ1) is 19.3. The second kappa shape index (κ2) is 8.08. The van der Waals surface area contributed by atoms with Crippen molar-refractivity contribution in [1.29, 1.82) is 0 Å². The van der Waals surface area contributed by atoms with Gasteiger partial charge in [-0.25, -0.2) is 4.79 Å². The molecule has 28 heavy (non-hydrogen) atoms. The van der Waals surface area contributed by atoms with E-state index in [2.05, 4.69) is 6.07 Å². The van der Waals surface area contributed by atoms with Crippen LogP contribution in [0.5, 0.6) is 0 Å². The number of likely N-dealkylation sites (N-methyl/N-ethyl adjacent to an activating group) is 1. The first-order valence-electron chi connectivity index (χ1n) is 8.93. The van der Waals surface area contributed by atoms with E-state index in [4.69, 9.17) is 10.5 Å². The molecule has 1 unspecified atom stereocenters. The molecule has 0 fully saturated rings. The maximum Gasteiger partial charge on any atom is 0.338 e. The number of esters is 1. The third-order valence-corrected chi connectivity index (χ3v) is 4.99. The number of benzene rings is 2. The number of nitrogens with two attached hydrogens (primary N) is 1. The van der Waals surface area contributed by atoms with Crippen molar-refractivity contribution in [2.75, 3.05) is 19.4 Å². The van der Waals surface area contributed by atoms with E-state index in [0.717, 1.165) is 30.9 Å². The number of hydrogen-bond acceptors (Lipinski definition) is 6. The molecule has 0 aromatic heterocycles. The highest BCUT2D eigenvalue weighted by Gasteiger charge is 2.27. The number of carbonyl (C=O) groups is 2. The van der Waals surface area contributed by atoms with Crippen LogP contribution in [0.4, 0.5) is 11.4 Å². The molecule has 1 atom stereocenters. The van der Waals surface area contributed by atoms with Crippen molar-refractivity contribution < 1.29 is 19.2 Å². The zero-order chi connectivity index (χ0) is 20.3. The van der Waals surface area contributed by atoms with Crippen molar-refractivity contribution in [3.63, 3.8) is 0 Å². The number of ether oxygens (including phenoxy) is 1. The second-order valence-corrected chi connectivity index (χ2v) is 6.72. The first-order chi connectivity index (χ1) is 13.4. The summed E-state index contributed by atoms with van der Waals surface area (Å²) in [4.78, 5) is 36.6. The normalized spacial score (nSPS) is 15.4. The van der Waals surface area contributed by atoms with E-state index < -0.39 is 17.5 Å². The molecule has 0 saturated heterocycles. The lowest BCUT2D eigenvalue weighted by molar-refractivity contribution is -0.383. The van der Waals surface area contributed by atoms with Crippen molar-refractivity contribution in [1.82, 2.24) is 4.90 Å². The van der Waals surface area contributed by atoms with Crippen LogP contribution in [0.3, 0.4) is 0 Å². The molecule has 8 heteroatoms. The minimum Gasteiger partial charge on any atom is -0.452 e.